The lowest BCUT2D eigenvalue weighted by atomic mass is 10.0. The number of hydrogen-bond donors (Lipinski definition) is 4. The molecule has 0 aliphatic heterocycles. The second-order valence-electron chi connectivity index (χ2n) is 8.43. The van der Waals surface area contributed by atoms with E-state index in [0.29, 0.717) is 11.3 Å². The fourth-order valence-electron chi connectivity index (χ4n) is 3.23. The highest BCUT2D eigenvalue weighted by molar-refractivity contribution is 7.88. The molecule has 0 radical (unpaired) electrons. The van der Waals surface area contributed by atoms with Crippen LogP contribution in [-0.4, -0.2) is 40.4 Å². The summed E-state index contributed by atoms with van der Waals surface area (Å²) in [5.41, 5.74) is 2.28. The molecule has 1 aromatic heterocycles. The quantitative estimate of drug-likeness (QED) is 0.198. The topological polar surface area (TPSA) is 139 Å². The van der Waals surface area contributed by atoms with Crippen molar-refractivity contribution in [2.75, 3.05) is 19.4 Å². The summed E-state index contributed by atoms with van der Waals surface area (Å²) in [6.45, 7) is 13.7. The second kappa shape index (κ2) is 10.8. The number of nitrogens with one attached hydrogen (secondary N) is 2. The SMILES string of the molecule is C=C(N[C@@H](c1cc(C)c(C)o1)C(C)C)/C(=N\[S+](N)[O-])Nc1ccc(C)c(C(=O)N(C)C)c1O. The Labute approximate surface area is 198 Å². The summed E-state index contributed by atoms with van der Waals surface area (Å²) in [5, 5.41) is 22.4. The van der Waals surface area contributed by atoms with Crippen molar-refractivity contribution in [3.8, 4) is 5.75 Å². The predicted octanol–water partition coefficient (Wildman–Crippen LogP) is 3.46. The van der Waals surface area contributed by atoms with Crippen LogP contribution in [0.2, 0.25) is 0 Å². The van der Waals surface area contributed by atoms with Gasteiger partial charge in [0, 0.05) is 14.1 Å². The molecule has 0 saturated carbocycles. The Bertz CT molecular complexity index is 1040. The maximum absolute atomic E-state index is 12.5. The summed E-state index contributed by atoms with van der Waals surface area (Å²) < 4.78 is 21.6. The lowest BCUT2D eigenvalue weighted by Crippen LogP contribution is -2.32. The van der Waals surface area contributed by atoms with Crippen LogP contribution < -0.4 is 15.8 Å². The molecule has 1 aromatic carbocycles. The van der Waals surface area contributed by atoms with E-state index in [1.807, 2.05) is 33.8 Å². The Morgan fingerprint density at radius 1 is 1.27 bits per heavy atom. The largest absolute Gasteiger partial charge is 0.572 e. The zero-order valence-electron chi connectivity index (χ0n) is 20.1. The molecule has 2 aromatic rings. The van der Waals surface area contributed by atoms with E-state index in [0.717, 1.165) is 17.1 Å². The van der Waals surface area contributed by atoms with Crippen LogP contribution in [0.15, 0.2) is 39.3 Å². The molecule has 180 valence electrons. The molecule has 0 saturated heterocycles. The zero-order chi connectivity index (χ0) is 25.0. The second-order valence-corrected chi connectivity index (χ2v) is 9.16. The Kier molecular flexibility index (Phi) is 8.59. The highest BCUT2D eigenvalue weighted by Crippen LogP contribution is 2.32. The fraction of sp³-hybridized carbons (Fsp3) is 0.391. The van der Waals surface area contributed by atoms with E-state index >= 15 is 0 Å². The smallest absolute Gasteiger partial charge is 0.257 e. The van der Waals surface area contributed by atoms with Gasteiger partial charge in [-0.05, 0) is 54.3 Å². The van der Waals surface area contributed by atoms with Crippen LogP contribution in [-0.2, 0) is 11.5 Å². The molecule has 1 unspecified atom stereocenters. The van der Waals surface area contributed by atoms with Gasteiger partial charge in [0.15, 0.2) is 17.3 Å². The number of carbonyl (C=O) groups is 1. The van der Waals surface area contributed by atoms with Crippen LogP contribution in [0, 0.1) is 26.7 Å². The van der Waals surface area contributed by atoms with Gasteiger partial charge in [-0.1, -0.05) is 26.5 Å². The summed E-state index contributed by atoms with van der Waals surface area (Å²) in [7, 11) is 3.20. The van der Waals surface area contributed by atoms with Crippen LogP contribution in [0.25, 0.3) is 0 Å². The highest BCUT2D eigenvalue weighted by atomic mass is 32.2. The molecule has 0 aliphatic carbocycles. The molecule has 0 spiro atoms. The van der Waals surface area contributed by atoms with Gasteiger partial charge in [0.25, 0.3) is 5.91 Å². The van der Waals surface area contributed by atoms with Crippen LogP contribution in [0.5, 0.6) is 5.75 Å². The molecule has 2 atom stereocenters. The molecule has 0 aliphatic rings. The van der Waals surface area contributed by atoms with E-state index < -0.39 is 11.5 Å². The van der Waals surface area contributed by atoms with E-state index in [2.05, 4.69) is 21.6 Å². The maximum atomic E-state index is 12.5. The van der Waals surface area contributed by atoms with Crippen LogP contribution >= 0.6 is 0 Å². The van der Waals surface area contributed by atoms with Gasteiger partial charge >= 0.3 is 0 Å². The van der Waals surface area contributed by atoms with Gasteiger partial charge in [0.05, 0.1) is 23.0 Å². The van der Waals surface area contributed by atoms with Gasteiger partial charge < -0.3 is 29.6 Å². The molecule has 1 amide bonds. The molecule has 10 heteroatoms. The zero-order valence-corrected chi connectivity index (χ0v) is 21.0. The monoisotopic (exact) mass is 475 g/mol. The normalized spacial score (nSPS) is 13.6. The Balaban J connectivity index is 2.40. The number of rotatable bonds is 8. The van der Waals surface area contributed by atoms with Crippen molar-refractivity contribution in [2.24, 2.45) is 15.5 Å². The predicted molar refractivity (Wildman–Crippen MR) is 132 cm³/mol. The van der Waals surface area contributed by atoms with Crippen molar-refractivity contribution in [3.63, 3.8) is 0 Å². The van der Waals surface area contributed by atoms with Crippen LogP contribution in [0.4, 0.5) is 5.69 Å². The number of nitrogens with two attached hydrogens (primary N) is 1. The summed E-state index contributed by atoms with van der Waals surface area (Å²) >= 11 is -2.05. The number of phenolic OH excluding ortho intramolecular Hbond substituents is 1. The minimum Gasteiger partial charge on any atom is -0.572 e. The summed E-state index contributed by atoms with van der Waals surface area (Å²) in [6, 6.07) is 4.99. The minimum absolute atomic E-state index is 0.0592. The Morgan fingerprint density at radius 3 is 2.39 bits per heavy atom. The molecule has 33 heavy (non-hydrogen) atoms. The van der Waals surface area contributed by atoms with E-state index in [9.17, 15) is 14.5 Å². The first-order chi connectivity index (χ1) is 15.3. The molecule has 5 N–H and O–H groups in total. The summed E-state index contributed by atoms with van der Waals surface area (Å²) in [6.07, 6.45) is 0. The number of furan rings is 1. The number of carbonyl (C=O) groups excluding carboxylic acids is 1. The third-order valence-corrected chi connectivity index (χ3v) is 5.58. The first-order valence-corrected chi connectivity index (χ1v) is 11.6. The van der Waals surface area contributed by atoms with Crippen molar-refractivity contribution < 1.29 is 18.9 Å². The number of nitrogens with zero attached hydrogens (tertiary/aromatic N) is 2. The number of benzene rings is 1. The third kappa shape index (κ3) is 6.31. The lowest BCUT2D eigenvalue weighted by molar-refractivity contribution is 0.0824. The third-order valence-electron chi connectivity index (χ3n) is 5.21. The van der Waals surface area contributed by atoms with Crippen molar-refractivity contribution in [1.29, 1.82) is 0 Å². The first kappa shape index (κ1) is 26.3. The number of hydrogen-bond acceptors (Lipinski definition) is 7. The van der Waals surface area contributed by atoms with Gasteiger partial charge in [-0.3, -0.25) is 4.79 Å². The van der Waals surface area contributed by atoms with Gasteiger partial charge in [-0.2, -0.15) is 0 Å². The summed E-state index contributed by atoms with van der Waals surface area (Å²) in [4.78, 5) is 13.9. The van der Waals surface area contributed by atoms with Crippen LogP contribution in [0.1, 0.15) is 52.9 Å². The van der Waals surface area contributed by atoms with E-state index in [4.69, 9.17) is 9.56 Å². The molecule has 2 rings (SSSR count). The molecular weight excluding hydrogens is 442 g/mol. The lowest BCUT2D eigenvalue weighted by Gasteiger charge is -2.24. The number of aromatic hydroxyl groups is 1. The molecule has 0 bridgehead atoms. The number of amidine groups is 1. The van der Waals surface area contributed by atoms with Crippen molar-refractivity contribution in [1.82, 2.24) is 10.2 Å². The highest BCUT2D eigenvalue weighted by Gasteiger charge is 2.25. The number of anilines is 1. The minimum atomic E-state index is -2.05. The molecule has 9 nitrogen and oxygen atoms in total. The maximum Gasteiger partial charge on any atom is 0.257 e. The average Bonchev–Trinajstić information content (AvgIpc) is 3.04. The van der Waals surface area contributed by atoms with E-state index in [-0.39, 0.29) is 40.7 Å². The Morgan fingerprint density at radius 2 is 1.91 bits per heavy atom. The van der Waals surface area contributed by atoms with Gasteiger partial charge in [0.1, 0.15) is 11.5 Å². The van der Waals surface area contributed by atoms with Gasteiger partial charge in [0.2, 0.25) is 5.84 Å². The standard InChI is InChI=1S/C23H33N5O4S/c1-12(2)20(18-11-14(4)16(6)32-18)25-15(5)22(27-33(24)31)26-17-10-9-13(3)19(21(17)29)23(30)28(7)8/h9-12,20,25,29H,5,24H2,1-4,6-8H3,(H,26,27)/t20-,33?/m1/s1. The molecule has 1 heterocycles. The van der Waals surface area contributed by atoms with Crippen molar-refractivity contribution in [3.05, 3.63) is 58.7 Å². The average molecular weight is 476 g/mol. The summed E-state index contributed by atoms with van der Waals surface area (Å²) in [5.74, 6) is 1.12. The van der Waals surface area contributed by atoms with E-state index in [1.165, 1.54) is 4.90 Å². The number of aryl methyl sites for hydroxylation is 3. The van der Waals surface area contributed by atoms with Gasteiger partial charge in [-0.25, -0.2) is 0 Å². The van der Waals surface area contributed by atoms with E-state index in [1.54, 1.807) is 33.2 Å². The molecule has 0 fully saturated rings. The Hall–Kier alpha value is -2.95. The fourth-order valence-corrected chi connectivity index (χ4v) is 3.57. The first-order valence-electron chi connectivity index (χ1n) is 10.4. The van der Waals surface area contributed by atoms with Crippen molar-refractivity contribution in [2.45, 2.75) is 40.7 Å². The number of phenols is 1. The molecular formula is C23H33N5O4S. The van der Waals surface area contributed by atoms with Crippen molar-refractivity contribution >= 4 is 29.0 Å². The van der Waals surface area contributed by atoms with Crippen LogP contribution in [0.3, 0.4) is 0 Å². The van der Waals surface area contributed by atoms with Gasteiger partial charge in [-0.15, -0.1) is 5.14 Å². The number of amides is 1.